The molecule has 8 heteroatoms. The van der Waals surface area contributed by atoms with Crippen molar-refractivity contribution in [3.63, 3.8) is 0 Å². The maximum Gasteiger partial charge on any atom is 0.281 e. The van der Waals surface area contributed by atoms with Crippen LogP contribution in [0.2, 0.25) is 0 Å². The van der Waals surface area contributed by atoms with E-state index in [0.29, 0.717) is 10.9 Å². The number of aromatic nitrogens is 3. The van der Waals surface area contributed by atoms with Crippen LogP contribution in [-0.4, -0.2) is 46.3 Å². The highest BCUT2D eigenvalue weighted by atomic mass is 32.1. The van der Waals surface area contributed by atoms with E-state index in [1.807, 2.05) is 30.3 Å². The van der Waals surface area contributed by atoms with E-state index in [2.05, 4.69) is 27.3 Å². The van der Waals surface area contributed by atoms with Gasteiger partial charge in [-0.15, -0.1) is 11.3 Å². The lowest BCUT2D eigenvalue weighted by molar-refractivity contribution is 0.101. The lowest BCUT2D eigenvalue weighted by Crippen LogP contribution is -2.25. The summed E-state index contributed by atoms with van der Waals surface area (Å²) in [4.78, 5) is 20.7. The number of carbonyl (C=O) groups excluding carboxylic acids is 1. The molecule has 1 aliphatic rings. The second kappa shape index (κ2) is 6.89. The highest BCUT2D eigenvalue weighted by Crippen LogP contribution is 2.28. The van der Waals surface area contributed by atoms with Crippen LogP contribution in [0, 0.1) is 0 Å². The third-order valence-corrected chi connectivity index (χ3v) is 5.28. The van der Waals surface area contributed by atoms with E-state index in [4.69, 9.17) is 4.74 Å². The predicted octanol–water partition coefficient (Wildman–Crippen LogP) is 2.58. The van der Waals surface area contributed by atoms with Gasteiger partial charge in [-0.2, -0.15) is 5.10 Å². The lowest BCUT2D eigenvalue weighted by atomic mass is 10.2. The zero-order valence-electron chi connectivity index (χ0n) is 14.6. The maximum absolute atomic E-state index is 12.7. The molecule has 2 aromatic heterocycles. The van der Waals surface area contributed by atoms with Gasteiger partial charge in [-0.1, -0.05) is 18.2 Å². The van der Waals surface area contributed by atoms with Crippen LogP contribution in [0.1, 0.15) is 21.1 Å². The van der Waals surface area contributed by atoms with Crippen molar-refractivity contribution < 1.29 is 9.53 Å². The minimum absolute atomic E-state index is 0.238. The average molecular weight is 369 g/mol. The second-order valence-electron chi connectivity index (χ2n) is 6.16. The Balaban J connectivity index is 1.58. The molecule has 0 unspecified atom stereocenters. The highest BCUT2D eigenvalue weighted by molar-refractivity contribution is 7.15. The summed E-state index contributed by atoms with van der Waals surface area (Å²) in [5, 5.41) is 7.86. The molecular weight excluding hydrogens is 350 g/mol. The standard InChI is InChI=1S/C18H19N5O2S/c1-22-9-8-13-15(11-22)26-18(19-13)20-17(24)16-14(25-2)10-23(21-16)12-6-4-3-5-7-12/h3-7,10H,8-9,11H2,1-2H3,(H,19,20,24). The Morgan fingerprint density at radius 3 is 2.88 bits per heavy atom. The number of methoxy groups -OCH3 is 1. The molecule has 7 nitrogen and oxygen atoms in total. The van der Waals surface area contributed by atoms with E-state index in [9.17, 15) is 4.79 Å². The van der Waals surface area contributed by atoms with Gasteiger partial charge in [0.15, 0.2) is 16.6 Å². The van der Waals surface area contributed by atoms with Gasteiger partial charge in [0, 0.05) is 24.4 Å². The Labute approximate surface area is 155 Å². The quantitative estimate of drug-likeness (QED) is 0.765. The fraction of sp³-hybridized carbons (Fsp3) is 0.278. The van der Waals surface area contributed by atoms with E-state index in [1.54, 1.807) is 10.9 Å². The summed E-state index contributed by atoms with van der Waals surface area (Å²) in [6, 6.07) is 9.60. The number of anilines is 1. The molecule has 3 heterocycles. The summed E-state index contributed by atoms with van der Waals surface area (Å²) in [6.07, 6.45) is 2.61. The van der Waals surface area contributed by atoms with Crippen molar-refractivity contribution in [3.05, 3.63) is 52.8 Å². The van der Waals surface area contributed by atoms with Crippen LogP contribution in [0.5, 0.6) is 5.75 Å². The van der Waals surface area contributed by atoms with Crippen molar-refractivity contribution in [3.8, 4) is 11.4 Å². The fourth-order valence-corrected chi connectivity index (χ4v) is 3.99. The average Bonchev–Trinajstić information content (AvgIpc) is 3.25. The molecule has 1 N–H and O–H groups in total. The Hall–Kier alpha value is -2.71. The van der Waals surface area contributed by atoms with E-state index in [-0.39, 0.29) is 11.6 Å². The summed E-state index contributed by atoms with van der Waals surface area (Å²) in [7, 11) is 3.61. The van der Waals surface area contributed by atoms with Crippen LogP contribution in [0.25, 0.3) is 5.69 Å². The fourth-order valence-electron chi connectivity index (χ4n) is 2.91. The van der Waals surface area contributed by atoms with Crippen LogP contribution >= 0.6 is 11.3 Å². The number of hydrogen-bond donors (Lipinski definition) is 1. The SMILES string of the molecule is COc1cn(-c2ccccc2)nc1C(=O)Nc1nc2c(s1)CN(C)CC2. The van der Waals surface area contributed by atoms with Gasteiger partial charge < -0.3 is 9.64 Å². The summed E-state index contributed by atoms with van der Waals surface area (Å²) in [6.45, 7) is 1.86. The van der Waals surface area contributed by atoms with E-state index in [1.165, 1.54) is 23.3 Å². The molecule has 0 fully saturated rings. The molecular formula is C18H19N5O2S. The predicted molar refractivity (Wildman–Crippen MR) is 100 cm³/mol. The summed E-state index contributed by atoms with van der Waals surface area (Å²) in [5.41, 5.74) is 2.17. The molecule has 0 saturated carbocycles. The van der Waals surface area contributed by atoms with Crippen LogP contribution in [-0.2, 0) is 13.0 Å². The minimum Gasteiger partial charge on any atom is -0.493 e. The summed E-state index contributed by atoms with van der Waals surface area (Å²) >= 11 is 1.52. The molecule has 0 aliphatic carbocycles. The van der Waals surface area contributed by atoms with E-state index < -0.39 is 0 Å². The first kappa shape index (κ1) is 16.7. The minimum atomic E-state index is -0.323. The molecule has 26 heavy (non-hydrogen) atoms. The third-order valence-electron chi connectivity index (χ3n) is 4.28. The first-order valence-electron chi connectivity index (χ1n) is 8.31. The van der Waals surface area contributed by atoms with Crippen LogP contribution in [0.4, 0.5) is 5.13 Å². The topological polar surface area (TPSA) is 72.3 Å². The van der Waals surface area contributed by atoms with Gasteiger partial charge in [0.1, 0.15) is 0 Å². The van der Waals surface area contributed by atoms with Crippen LogP contribution in [0.15, 0.2) is 36.5 Å². The lowest BCUT2D eigenvalue weighted by Gasteiger charge is -2.20. The smallest absolute Gasteiger partial charge is 0.281 e. The second-order valence-corrected chi connectivity index (χ2v) is 7.24. The first-order valence-corrected chi connectivity index (χ1v) is 9.13. The van der Waals surface area contributed by atoms with Crippen molar-refractivity contribution in [1.29, 1.82) is 0 Å². The zero-order valence-corrected chi connectivity index (χ0v) is 15.4. The normalized spacial score (nSPS) is 14.1. The monoisotopic (exact) mass is 369 g/mol. The molecule has 134 valence electrons. The van der Waals surface area contributed by atoms with Crippen molar-refractivity contribution >= 4 is 22.4 Å². The molecule has 0 radical (unpaired) electrons. The number of ether oxygens (including phenoxy) is 1. The molecule has 0 bridgehead atoms. The Bertz CT molecular complexity index is 934. The van der Waals surface area contributed by atoms with Gasteiger partial charge in [0.2, 0.25) is 0 Å². The number of nitrogens with one attached hydrogen (secondary N) is 1. The van der Waals surface area contributed by atoms with E-state index >= 15 is 0 Å². The number of benzene rings is 1. The largest absolute Gasteiger partial charge is 0.493 e. The van der Waals surface area contributed by atoms with Gasteiger partial charge in [-0.3, -0.25) is 10.1 Å². The molecule has 1 amide bonds. The molecule has 4 rings (SSSR count). The number of amides is 1. The number of hydrogen-bond acceptors (Lipinski definition) is 6. The number of likely N-dealkylation sites (N-methyl/N-ethyl adjacent to an activating group) is 1. The van der Waals surface area contributed by atoms with Gasteiger partial charge >= 0.3 is 0 Å². The zero-order chi connectivity index (χ0) is 18.1. The van der Waals surface area contributed by atoms with Crippen molar-refractivity contribution in [2.24, 2.45) is 0 Å². The summed E-state index contributed by atoms with van der Waals surface area (Å²) in [5.74, 6) is 0.100. The van der Waals surface area contributed by atoms with Gasteiger partial charge in [0.05, 0.1) is 24.7 Å². The number of rotatable bonds is 4. The van der Waals surface area contributed by atoms with Crippen molar-refractivity contribution in [1.82, 2.24) is 19.7 Å². The van der Waals surface area contributed by atoms with Crippen molar-refractivity contribution in [2.45, 2.75) is 13.0 Å². The molecule has 0 spiro atoms. The molecule has 0 saturated heterocycles. The molecule has 1 aliphatic heterocycles. The number of nitrogens with zero attached hydrogens (tertiary/aromatic N) is 4. The Morgan fingerprint density at radius 2 is 2.12 bits per heavy atom. The third kappa shape index (κ3) is 3.21. The molecule has 0 atom stereocenters. The Kier molecular flexibility index (Phi) is 4.44. The van der Waals surface area contributed by atoms with Gasteiger partial charge in [-0.25, -0.2) is 9.67 Å². The Morgan fingerprint density at radius 1 is 1.31 bits per heavy atom. The first-order chi connectivity index (χ1) is 12.6. The van der Waals surface area contributed by atoms with Crippen molar-refractivity contribution in [2.75, 3.05) is 26.0 Å². The number of fused-ring (bicyclic) bond motifs is 1. The number of carbonyl (C=O) groups is 1. The van der Waals surface area contributed by atoms with Gasteiger partial charge in [-0.05, 0) is 19.2 Å². The van der Waals surface area contributed by atoms with Crippen LogP contribution < -0.4 is 10.1 Å². The summed E-state index contributed by atoms with van der Waals surface area (Å²) < 4.78 is 6.97. The number of para-hydroxylation sites is 1. The molecule has 1 aromatic carbocycles. The highest BCUT2D eigenvalue weighted by Gasteiger charge is 2.22. The molecule has 3 aromatic rings. The van der Waals surface area contributed by atoms with E-state index in [0.717, 1.165) is 30.9 Å². The maximum atomic E-state index is 12.7. The van der Waals surface area contributed by atoms with Gasteiger partial charge in [0.25, 0.3) is 5.91 Å². The van der Waals surface area contributed by atoms with Crippen LogP contribution in [0.3, 0.4) is 0 Å². The number of thiazole rings is 1.